The molecule has 1 aliphatic rings. The number of hydrogen-bond acceptors (Lipinski definition) is 3. The van der Waals surface area contributed by atoms with E-state index in [0.717, 1.165) is 18.7 Å². The topological polar surface area (TPSA) is 50.1 Å². The smallest absolute Gasteiger partial charge is 0.386 e. The molecule has 1 heterocycles. The van der Waals surface area contributed by atoms with Crippen molar-refractivity contribution in [3.05, 3.63) is 41.7 Å². The molecule has 0 fully saturated rings. The Balaban J connectivity index is 1.91. The van der Waals surface area contributed by atoms with E-state index in [-0.39, 0.29) is 5.92 Å². The molecule has 0 spiro atoms. The monoisotopic (exact) mass is 257 g/mol. The molecule has 0 radical (unpaired) electrons. The average molecular weight is 257 g/mol. The third-order valence-electron chi connectivity index (χ3n) is 2.76. The van der Waals surface area contributed by atoms with Gasteiger partial charge in [0.15, 0.2) is 0 Å². The summed E-state index contributed by atoms with van der Waals surface area (Å²) in [5.74, 6) is 0.904. The predicted molar refractivity (Wildman–Crippen MR) is 63.7 cm³/mol. The first-order valence-electron chi connectivity index (χ1n) is 5.57. The summed E-state index contributed by atoms with van der Waals surface area (Å²) < 4.78 is 37.0. The van der Waals surface area contributed by atoms with E-state index in [9.17, 15) is 13.2 Å². The van der Waals surface area contributed by atoms with Gasteiger partial charge in [0.05, 0.1) is 11.4 Å². The Kier molecular flexibility index (Phi) is 3.36. The van der Waals surface area contributed by atoms with E-state index in [2.05, 4.69) is 10.6 Å². The van der Waals surface area contributed by atoms with E-state index in [0.29, 0.717) is 18.1 Å². The molecule has 1 atom stereocenters. The third kappa shape index (κ3) is 3.09. The SMILES string of the molecule is NC1=C[C@@H](CNc2ccc(C(F)(F)F)cc2)CN1. The van der Waals surface area contributed by atoms with Crippen molar-refractivity contribution in [2.75, 3.05) is 18.4 Å². The molecule has 0 unspecified atom stereocenters. The van der Waals surface area contributed by atoms with Crippen LogP contribution in [0.15, 0.2) is 36.2 Å². The minimum atomic E-state index is -4.29. The van der Waals surface area contributed by atoms with E-state index in [4.69, 9.17) is 5.73 Å². The van der Waals surface area contributed by atoms with E-state index in [1.54, 1.807) is 0 Å². The summed E-state index contributed by atoms with van der Waals surface area (Å²) in [5, 5.41) is 6.06. The number of rotatable bonds is 3. The van der Waals surface area contributed by atoms with Crippen molar-refractivity contribution in [1.29, 1.82) is 0 Å². The first-order valence-corrected chi connectivity index (χ1v) is 5.57. The Morgan fingerprint density at radius 2 is 1.94 bits per heavy atom. The minimum Gasteiger partial charge on any atom is -0.386 e. The number of halogens is 3. The zero-order valence-corrected chi connectivity index (χ0v) is 9.59. The fourth-order valence-corrected chi connectivity index (χ4v) is 1.78. The Bertz CT molecular complexity index is 437. The second kappa shape index (κ2) is 4.80. The molecule has 3 nitrogen and oxygen atoms in total. The van der Waals surface area contributed by atoms with Crippen LogP contribution in [0.3, 0.4) is 0 Å². The lowest BCUT2D eigenvalue weighted by atomic mass is 10.1. The lowest BCUT2D eigenvalue weighted by Crippen LogP contribution is -2.20. The van der Waals surface area contributed by atoms with Crippen molar-refractivity contribution in [1.82, 2.24) is 5.32 Å². The fraction of sp³-hybridized carbons (Fsp3) is 0.333. The van der Waals surface area contributed by atoms with Crippen LogP contribution in [0.5, 0.6) is 0 Å². The highest BCUT2D eigenvalue weighted by atomic mass is 19.4. The van der Waals surface area contributed by atoms with Gasteiger partial charge in [0, 0.05) is 24.7 Å². The largest absolute Gasteiger partial charge is 0.416 e. The molecule has 0 saturated carbocycles. The van der Waals surface area contributed by atoms with Gasteiger partial charge in [-0.15, -0.1) is 0 Å². The second-order valence-electron chi connectivity index (χ2n) is 4.22. The summed E-state index contributed by atoms with van der Waals surface area (Å²) in [5.41, 5.74) is 5.59. The van der Waals surface area contributed by atoms with Gasteiger partial charge in [-0.3, -0.25) is 0 Å². The van der Waals surface area contributed by atoms with Gasteiger partial charge < -0.3 is 16.4 Å². The quantitative estimate of drug-likeness (QED) is 0.777. The van der Waals surface area contributed by atoms with Crippen molar-refractivity contribution in [2.45, 2.75) is 6.18 Å². The molecule has 2 rings (SSSR count). The van der Waals surface area contributed by atoms with Crippen molar-refractivity contribution in [3.63, 3.8) is 0 Å². The number of nitrogens with two attached hydrogens (primary N) is 1. The maximum absolute atomic E-state index is 12.3. The van der Waals surface area contributed by atoms with Crippen LogP contribution in [0.2, 0.25) is 0 Å². The normalized spacial score (nSPS) is 19.3. The summed E-state index contributed by atoms with van der Waals surface area (Å²) >= 11 is 0. The maximum Gasteiger partial charge on any atom is 0.416 e. The van der Waals surface area contributed by atoms with E-state index < -0.39 is 11.7 Å². The van der Waals surface area contributed by atoms with Gasteiger partial charge in [0.1, 0.15) is 0 Å². The van der Waals surface area contributed by atoms with Gasteiger partial charge in [0.25, 0.3) is 0 Å². The Hall–Kier alpha value is -1.85. The number of hydrogen-bond donors (Lipinski definition) is 3. The lowest BCUT2D eigenvalue weighted by molar-refractivity contribution is -0.137. The van der Waals surface area contributed by atoms with Crippen LogP contribution in [-0.4, -0.2) is 13.1 Å². The number of nitrogens with one attached hydrogen (secondary N) is 2. The Morgan fingerprint density at radius 1 is 1.28 bits per heavy atom. The highest BCUT2D eigenvalue weighted by Crippen LogP contribution is 2.29. The minimum absolute atomic E-state index is 0.257. The van der Waals surface area contributed by atoms with Gasteiger partial charge in [-0.05, 0) is 30.3 Å². The van der Waals surface area contributed by atoms with Crippen LogP contribution in [-0.2, 0) is 6.18 Å². The van der Waals surface area contributed by atoms with Gasteiger partial charge in [-0.1, -0.05) is 0 Å². The van der Waals surface area contributed by atoms with Crippen LogP contribution >= 0.6 is 0 Å². The second-order valence-corrected chi connectivity index (χ2v) is 4.22. The van der Waals surface area contributed by atoms with Crippen LogP contribution in [0, 0.1) is 5.92 Å². The van der Waals surface area contributed by atoms with Gasteiger partial charge in [0.2, 0.25) is 0 Å². The molecule has 1 aromatic rings. The molecule has 0 amide bonds. The van der Waals surface area contributed by atoms with E-state index in [1.807, 2.05) is 6.08 Å². The number of alkyl halides is 3. The summed E-state index contributed by atoms with van der Waals surface area (Å²) in [7, 11) is 0. The molecule has 0 aromatic heterocycles. The Labute approximate surface area is 103 Å². The lowest BCUT2D eigenvalue weighted by Gasteiger charge is -2.11. The van der Waals surface area contributed by atoms with Crippen LogP contribution in [0.4, 0.5) is 18.9 Å². The van der Waals surface area contributed by atoms with Gasteiger partial charge in [-0.25, -0.2) is 0 Å². The van der Waals surface area contributed by atoms with Crippen LogP contribution < -0.4 is 16.4 Å². The van der Waals surface area contributed by atoms with Crippen LogP contribution in [0.25, 0.3) is 0 Å². The first-order chi connectivity index (χ1) is 8.45. The molecule has 4 N–H and O–H groups in total. The highest BCUT2D eigenvalue weighted by molar-refractivity contribution is 5.45. The number of anilines is 1. The summed E-state index contributed by atoms with van der Waals surface area (Å²) in [6.45, 7) is 1.39. The zero-order chi connectivity index (χ0) is 13.2. The van der Waals surface area contributed by atoms with E-state index in [1.165, 1.54) is 12.1 Å². The average Bonchev–Trinajstić information content (AvgIpc) is 2.72. The van der Waals surface area contributed by atoms with Gasteiger partial charge >= 0.3 is 6.18 Å². The molecule has 0 aliphatic carbocycles. The molecular weight excluding hydrogens is 243 g/mol. The summed E-state index contributed by atoms with van der Waals surface area (Å²) in [6, 6.07) is 5.00. The molecule has 1 aromatic carbocycles. The molecule has 0 saturated heterocycles. The van der Waals surface area contributed by atoms with Crippen molar-refractivity contribution in [2.24, 2.45) is 11.7 Å². The third-order valence-corrected chi connectivity index (χ3v) is 2.76. The number of benzene rings is 1. The highest BCUT2D eigenvalue weighted by Gasteiger charge is 2.29. The van der Waals surface area contributed by atoms with Crippen molar-refractivity contribution in [3.8, 4) is 0 Å². The van der Waals surface area contributed by atoms with Crippen LogP contribution in [0.1, 0.15) is 5.56 Å². The Morgan fingerprint density at radius 3 is 2.44 bits per heavy atom. The zero-order valence-electron chi connectivity index (χ0n) is 9.59. The fourth-order valence-electron chi connectivity index (χ4n) is 1.78. The molecule has 18 heavy (non-hydrogen) atoms. The van der Waals surface area contributed by atoms with E-state index >= 15 is 0 Å². The predicted octanol–water partition coefficient (Wildman–Crippen LogP) is 2.14. The standard InChI is InChI=1S/C12H14F3N3/c13-12(14,15)9-1-3-10(4-2-9)17-6-8-5-11(16)18-7-8/h1-5,8,17-18H,6-7,16H2/t8-/m0/s1. The first kappa shape index (κ1) is 12.6. The van der Waals surface area contributed by atoms with Crippen molar-refractivity contribution >= 4 is 5.69 Å². The molecule has 98 valence electrons. The summed E-state index contributed by atoms with van der Waals surface area (Å²) in [6.07, 6.45) is -2.39. The molecule has 6 heteroatoms. The van der Waals surface area contributed by atoms with Crippen molar-refractivity contribution < 1.29 is 13.2 Å². The van der Waals surface area contributed by atoms with Gasteiger partial charge in [-0.2, -0.15) is 13.2 Å². The molecular formula is C12H14F3N3. The molecule has 1 aliphatic heterocycles. The molecule has 0 bridgehead atoms. The summed E-state index contributed by atoms with van der Waals surface area (Å²) in [4.78, 5) is 0. The maximum atomic E-state index is 12.3.